The van der Waals surface area contributed by atoms with E-state index in [-0.39, 0.29) is 40.1 Å². The molecule has 2 aromatic rings. The Balaban J connectivity index is 0.000000845. The average molecular weight is 257 g/mol. The maximum atomic E-state index is 3.00. The molecular formula is C13H12Y-2. The van der Waals surface area contributed by atoms with Crippen LogP contribution in [-0.4, -0.2) is 0 Å². The molecule has 69 valence electrons. The average Bonchev–Trinajstić information content (AvgIpc) is 2.21. The normalized spacial score (nSPS) is 8.29. The minimum absolute atomic E-state index is 0. The molecule has 0 amide bonds. The number of benzene rings is 2. The Labute approximate surface area is 111 Å². The Morgan fingerprint density at radius 2 is 1.21 bits per heavy atom. The first-order chi connectivity index (χ1) is 5.97. The molecule has 0 bridgehead atoms. The topological polar surface area (TPSA) is 0 Å². The van der Waals surface area contributed by atoms with Crippen molar-refractivity contribution in [1.82, 2.24) is 0 Å². The SMILES string of the molecule is [CH3-].[Y].[c-]1ccc(-c2ccccc2)cc1. The van der Waals surface area contributed by atoms with E-state index in [9.17, 15) is 0 Å². The summed E-state index contributed by atoms with van der Waals surface area (Å²) in [5, 5.41) is 0. The smallest absolute Gasteiger partial charge is 0 e. The van der Waals surface area contributed by atoms with E-state index < -0.39 is 0 Å². The van der Waals surface area contributed by atoms with Gasteiger partial charge in [0, 0.05) is 32.7 Å². The Morgan fingerprint density at radius 3 is 1.79 bits per heavy atom. The first-order valence-corrected chi connectivity index (χ1v) is 3.98. The summed E-state index contributed by atoms with van der Waals surface area (Å²) in [6.07, 6.45) is 0. The van der Waals surface area contributed by atoms with Crippen LogP contribution in [0.3, 0.4) is 0 Å². The molecule has 0 saturated carbocycles. The third-order valence-electron chi connectivity index (χ3n) is 1.83. The summed E-state index contributed by atoms with van der Waals surface area (Å²) in [7, 11) is 0. The standard InChI is InChI=1S/C12H9.CH3.Y/c1-3-7-11(8-4-1)12-9-5-2-6-10-12;;/h1,3-10H;1H3;/q2*-1;. The Bertz CT molecular complexity index is 303. The second kappa shape index (κ2) is 6.92. The van der Waals surface area contributed by atoms with Crippen molar-refractivity contribution in [3.63, 3.8) is 0 Å². The largest absolute Gasteiger partial charge is 0.358 e. The second-order valence-corrected chi connectivity index (χ2v) is 2.65. The zero-order valence-corrected chi connectivity index (χ0v) is 11.1. The second-order valence-electron chi connectivity index (χ2n) is 2.65. The summed E-state index contributed by atoms with van der Waals surface area (Å²) in [4.78, 5) is 0. The molecule has 14 heavy (non-hydrogen) atoms. The molecule has 0 aliphatic heterocycles. The predicted octanol–water partition coefficient (Wildman–Crippen LogP) is 3.60. The van der Waals surface area contributed by atoms with Gasteiger partial charge in [0.1, 0.15) is 0 Å². The summed E-state index contributed by atoms with van der Waals surface area (Å²) in [5.41, 5.74) is 2.50. The van der Waals surface area contributed by atoms with Crippen LogP contribution in [0.2, 0.25) is 0 Å². The molecule has 0 N–H and O–H groups in total. The fraction of sp³-hybridized carbons (Fsp3) is 0. The van der Waals surface area contributed by atoms with Gasteiger partial charge in [0.05, 0.1) is 0 Å². The van der Waals surface area contributed by atoms with Crippen molar-refractivity contribution in [3.05, 3.63) is 68.1 Å². The molecular weight excluding hydrogens is 245 g/mol. The van der Waals surface area contributed by atoms with Crippen LogP contribution < -0.4 is 0 Å². The molecule has 0 aromatic heterocycles. The van der Waals surface area contributed by atoms with Crippen molar-refractivity contribution < 1.29 is 32.7 Å². The molecule has 0 atom stereocenters. The van der Waals surface area contributed by atoms with Crippen LogP contribution in [0.25, 0.3) is 11.1 Å². The van der Waals surface area contributed by atoms with Gasteiger partial charge in [-0.2, -0.15) is 30.3 Å². The minimum atomic E-state index is 0. The maximum absolute atomic E-state index is 3.00. The third-order valence-corrected chi connectivity index (χ3v) is 1.83. The van der Waals surface area contributed by atoms with Crippen molar-refractivity contribution in [1.29, 1.82) is 0 Å². The maximum Gasteiger partial charge on any atom is 0 e. The summed E-state index contributed by atoms with van der Waals surface area (Å²) in [6.45, 7) is 0. The van der Waals surface area contributed by atoms with E-state index in [0.29, 0.717) is 0 Å². The molecule has 0 aliphatic carbocycles. The molecule has 0 saturated heterocycles. The molecule has 0 spiro atoms. The summed E-state index contributed by atoms with van der Waals surface area (Å²) >= 11 is 0. The Morgan fingerprint density at radius 1 is 0.714 bits per heavy atom. The summed E-state index contributed by atoms with van der Waals surface area (Å²) < 4.78 is 0. The van der Waals surface area contributed by atoms with Crippen LogP contribution in [0.5, 0.6) is 0 Å². The van der Waals surface area contributed by atoms with Gasteiger partial charge in [0.25, 0.3) is 0 Å². The Kier molecular flexibility index (Phi) is 6.69. The van der Waals surface area contributed by atoms with Crippen LogP contribution in [0.4, 0.5) is 0 Å². The van der Waals surface area contributed by atoms with Gasteiger partial charge in [-0.25, -0.2) is 0 Å². The van der Waals surface area contributed by atoms with E-state index in [1.54, 1.807) is 0 Å². The van der Waals surface area contributed by atoms with Crippen molar-refractivity contribution in [2.45, 2.75) is 0 Å². The van der Waals surface area contributed by atoms with Gasteiger partial charge in [-0.15, -0.1) is 5.56 Å². The molecule has 0 fully saturated rings. The zero-order chi connectivity index (χ0) is 8.23. The molecule has 0 unspecified atom stereocenters. The zero-order valence-electron chi connectivity index (χ0n) is 8.27. The number of hydrogen-bond acceptors (Lipinski definition) is 0. The fourth-order valence-electron chi connectivity index (χ4n) is 1.21. The summed E-state index contributed by atoms with van der Waals surface area (Å²) in [5.74, 6) is 0. The quantitative estimate of drug-likeness (QED) is 0.685. The summed E-state index contributed by atoms with van der Waals surface area (Å²) in [6, 6.07) is 21.3. The van der Waals surface area contributed by atoms with E-state index in [0.717, 1.165) is 0 Å². The van der Waals surface area contributed by atoms with Gasteiger partial charge >= 0.3 is 0 Å². The number of rotatable bonds is 1. The van der Waals surface area contributed by atoms with Gasteiger partial charge in [-0.3, -0.25) is 0 Å². The molecule has 0 aliphatic rings. The van der Waals surface area contributed by atoms with Gasteiger partial charge in [0.2, 0.25) is 0 Å². The number of hydrogen-bond donors (Lipinski definition) is 0. The van der Waals surface area contributed by atoms with Crippen molar-refractivity contribution in [2.24, 2.45) is 0 Å². The van der Waals surface area contributed by atoms with Crippen LogP contribution in [0.1, 0.15) is 0 Å². The first kappa shape index (κ1) is 13.5. The molecule has 0 heterocycles. The molecule has 2 aromatic carbocycles. The van der Waals surface area contributed by atoms with Crippen molar-refractivity contribution in [3.8, 4) is 11.1 Å². The van der Waals surface area contributed by atoms with E-state index in [1.165, 1.54) is 11.1 Å². The third kappa shape index (κ3) is 3.36. The van der Waals surface area contributed by atoms with E-state index in [2.05, 4.69) is 30.3 Å². The minimum Gasteiger partial charge on any atom is -0.358 e. The molecule has 0 nitrogen and oxygen atoms in total. The van der Waals surface area contributed by atoms with Gasteiger partial charge in [-0.1, -0.05) is 30.3 Å². The predicted molar refractivity (Wildman–Crippen MR) is 57.1 cm³/mol. The van der Waals surface area contributed by atoms with Crippen LogP contribution >= 0.6 is 0 Å². The fourth-order valence-corrected chi connectivity index (χ4v) is 1.21. The van der Waals surface area contributed by atoms with Crippen LogP contribution in [0.15, 0.2) is 54.6 Å². The first-order valence-electron chi connectivity index (χ1n) is 3.98. The van der Waals surface area contributed by atoms with E-state index >= 15 is 0 Å². The van der Waals surface area contributed by atoms with Gasteiger partial charge in [0.15, 0.2) is 0 Å². The molecule has 2 rings (SSSR count). The van der Waals surface area contributed by atoms with Crippen LogP contribution in [-0.2, 0) is 32.7 Å². The van der Waals surface area contributed by atoms with Crippen molar-refractivity contribution >= 4 is 0 Å². The van der Waals surface area contributed by atoms with Crippen LogP contribution in [0, 0.1) is 13.5 Å². The molecule has 1 heteroatoms. The van der Waals surface area contributed by atoms with E-state index in [4.69, 9.17) is 0 Å². The van der Waals surface area contributed by atoms with Gasteiger partial charge < -0.3 is 7.43 Å². The van der Waals surface area contributed by atoms with Crippen molar-refractivity contribution in [2.75, 3.05) is 0 Å². The monoisotopic (exact) mass is 257 g/mol. The van der Waals surface area contributed by atoms with E-state index in [1.807, 2.05) is 30.3 Å². The Hall–Kier alpha value is -0.456. The molecule has 1 radical (unpaired) electrons. The van der Waals surface area contributed by atoms with Gasteiger partial charge in [-0.05, 0) is 5.56 Å².